The molecule has 0 saturated carbocycles. The van der Waals surface area contributed by atoms with Gasteiger partial charge < -0.3 is 63.4 Å². The molecular weight excluding hydrogens is 672 g/mol. The molecule has 3 saturated heterocycles. The van der Waals surface area contributed by atoms with E-state index in [1.54, 1.807) is 46.8 Å². The quantitative estimate of drug-likeness (QED) is 0.171. The second-order valence-corrected chi connectivity index (χ2v) is 14.9. The van der Waals surface area contributed by atoms with Gasteiger partial charge in [0.1, 0.15) is 47.8 Å². The highest BCUT2D eigenvalue weighted by atomic mass is 16.7. The van der Waals surface area contributed by atoms with Gasteiger partial charge in [-0.1, -0.05) is 19.9 Å². The average Bonchev–Trinajstić information content (AvgIpc) is 3.82. The summed E-state index contributed by atoms with van der Waals surface area (Å²) in [6, 6.07) is 0. The molecule has 0 spiro atoms. The van der Waals surface area contributed by atoms with Gasteiger partial charge in [-0.05, 0) is 59.1 Å². The van der Waals surface area contributed by atoms with E-state index < -0.39 is 120 Å². The molecular formula is C36H58O15. The Kier molecular flexibility index (Phi) is 14.0. The van der Waals surface area contributed by atoms with E-state index in [1.165, 1.54) is 40.2 Å². The predicted octanol–water partition coefficient (Wildman–Crippen LogP) is 0.555. The van der Waals surface area contributed by atoms with Crippen molar-refractivity contribution >= 4 is 11.8 Å². The fraction of sp³-hybridized carbons (Fsp3) is 0.833. The average molecular weight is 731 g/mol. The first-order valence-electron chi connectivity index (χ1n) is 17.7. The number of aliphatic hydroxyl groups excluding tert-OH is 3. The van der Waals surface area contributed by atoms with E-state index in [1.807, 2.05) is 0 Å². The summed E-state index contributed by atoms with van der Waals surface area (Å²) in [5.41, 5.74) is -3.74. The van der Waals surface area contributed by atoms with Crippen LogP contribution in [0, 0.1) is 17.8 Å². The molecule has 15 nitrogen and oxygen atoms in total. The van der Waals surface area contributed by atoms with Crippen LogP contribution in [0.3, 0.4) is 0 Å². The van der Waals surface area contributed by atoms with Gasteiger partial charge in [0, 0.05) is 38.6 Å². The molecule has 0 aromatic rings. The fourth-order valence-electron chi connectivity index (χ4n) is 7.46. The lowest BCUT2D eigenvalue weighted by Crippen LogP contribution is -2.63. The second-order valence-electron chi connectivity index (χ2n) is 14.9. The van der Waals surface area contributed by atoms with Crippen LogP contribution in [0.15, 0.2) is 24.3 Å². The van der Waals surface area contributed by atoms with Crippen LogP contribution in [0.1, 0.15) is 61.3 Å². The normalized spacial score (nSPS) is 49.0. The maximum absolute atomic E-state index is 13.3. The summed E-state index contributed by atoms with van der Waals surface area (Å²) in [6.45, 7) is 11.4. The Bertz CT molecular complexity index is 1240. The second kappa shape index (κ2) is 17.1. The SMILES string of the molecule is COC1C(OC[C@H]2[C@@H]3O[C@@H]3/C=C\C(=O)[C@@](C)(O)C[C@H](C)[C@H](O[C@@H]3O[C@H](C)C[C@](O)([C@H](C)O)[C@H]3O)[C@@H](C)/C=C\C(=O)O[C@@H]2C)OC(C)C(O)C1OC. The lowest BCUT2D eigenvalue weighted by molar-refractivity contribution is -0.322. The molecule has 51 heavy (non-hydrogen) atoms. The third-order valence-electron chi connectivity index (χ3n) is 10.7. The summed E-state index contributed by atoms with van der Waals surface area (Å²) >= 11 is 0. The first kappa shape index (κ1) is 41.9. The molecule has 18 atom stereocenters. The summed E-state index contributed by atoms with van der Waals surface area (Å²) in [5.74, 6) is -2.84. The molecule has 0 aliphatic carbocycles. The number of hydrogen-bond acceptors (Lipinski definition) is 15. The lowest BCUT2D eigenvalue weighted by atomic mass is 9.81. The Hall–Kier alpha value is -1.86. The fourth-order valence-corrected chi connectivity index (χ4v) is 7.46. The molecule has 292 valence electrons. The van der Waals surface area contributed by atoms with Gasteiger partial charge in [-0.3, -0.25) is 4.79 Å². The van der Waals surface area contributed by atoms with Crippen molar-refractivity contribution in [1.82, 2.24) is 0 Å². The van der Waals surface area contributed by atoms with Crippen LogP contribution in [0.25, 0.3) is 0 Å². The van der Waals surface area contributed by atoms with Gasteiger partial charge in [-0.25, -0.2) is 4.79 Å². The van der Waals surface area contributed by atoms with Gasteiger partial charge in [0.15, 0.2) is 18.4 Å². The highest BCUT2D eigenvalue weighted by Crippen LogP contribution is 2.38. The number of ether oxygens (including phenoxy) is 8. The molecule has 0 amide bonds. The van der Waals surface area contributed by atoms with E-state index in [4.69, 9.17) is 37.9 Å². The number of esters is 1. The monoisotopic (exact) mass is 730 g/mol. The van der Waals surface area contributed by atoms with E-state index in [0.29, 0.717) is 0 Å². The Morgan fingerprint density at radius 3 is 2.18 bits per heavy atom. The first-order chi connectivity index (χ1) is 23.8. The number of rotatable bonds is 8. The molecule has 15 heteroatoms. The van der Waals surface area contributed by atoms with Crippen molar-refractivity contribution in [1.29, 1.82) is 0 Å². The van der Waals surface area contributed by atoms with Crippen LogP contribution in [0.5, 0.6) is 0 Å². The van der Waals surface area contributed by atoms with Crippen molar-refractivity contribution in [2.75, 3.05) is 20.8 Å². The van der Waals surface area contributed by atoms with Gasteiger partial charge in [-0.2, -0.15) is 0 Å². The van der Waals surface area contributed by atoms with Crippen molar-refractivity contribution in [2.24, 2.45) is 17.8 Å². The van der Waals surface area contributed by atoms with Gasteiger partial charge >= 0.3 is 5.97 Å². The zero-order valence-corrected chi connectivity index (χ0v) is 31.0. The molecule has 0 radical (unpaired) electrons. The van der Waals surface area contributed by atoms with Crippen molar-refractivity contribution in [3.8, 4) is 0 Å². The largest absolute Gasteiger partial charge is 0.459 e. The highest BCUT2D eigenvalue weighted by Gasteiger charge is 2.53. The first-order valence-corrected chi connectivity index (χ1v) is 17.7. The van der Waals surface area contributed by atoms with Gasteiger partial charge in [0.2, 0.25) is 0 Å². The van der Waals surface area contributed by atoms with Crippen LogP contribution in [0.4, 0.5) is 0 Å². The maximum atomic E-state index is 13.3. The minimum absolute atomic E-state index is 0.00657. The van der Waals surface area contributed by atoms with Crippen LogP contribution in [-0.4, -0.2) is 149 Å². The zero-order valence-electron chi connectivity index (χ0n) is 31.0. The Morgan fingerprint density at radius 2 is 1.55 bits per heavy atom. The molecule has 0 bridgehead atoms. The number of aliphatic hydroxyl groups is 5. The minimum atomic E-state index is -1.91. The van der Waals surface area contributed by atoms with Crippen LogP contribution < -0.4 is 0 Å². The molecule has 4 rings (SSSR count). The minimum Gasteiger partial charge on any atom is -0.459 e. The number of fused-ring (bicyclic) bond motifs is 1. The molecule has 0 aromatic carbocycles. The van der Waals surface area contributed by atoms with E-state index in [0.717, 1.165) is 0 Å². The van der Waals surface area contributed by atoms with E-state index in [-0.39, 0.29) is 19.4 Å². The van der Waals surface area contributed by atoms with Gasteiger partial charge in [-0.15, -0.1) is 0 Å². The van der Waals surface area contributed by atoms with Crippen molar-refractivity contribution in [2.45, 2.75) is 152 Å². The highest BCUT2D eigenvalue weighted by molar-refractivity contribution is 5.96. The number of methoxy groups -OCH3 is 2. The van der Waals surface area contributed by atoms with E-state index in [9.17, 15) is 35.1 Å². The Balaban J connectivity index is 1.57. The van der Waals surface area contributed by atoms with E-state index >= 15 is 0 Å². The van der Waals surface area contributed by atoms with Gasteiger partial charge in [0.05, 0.1) is 37.1 Å². The van der Waals surface area contributed by atoms with Crippen molar-refractivity contribution in [3.63, 3.8) is 0 Å². The number of cyclic esters (lactones) is 1. The summed E-state index contributed by atoms with van der Waals surface area (Å²) in [4.78, 5) is 26.5. The topological polar surface area (TPSA) is 212 Å². The third kappa shape index (κ3) is 9.63. The van der Waals surface area contributed by atoms with Crippen LogP contribution >= 0.6 is 0 Å². The molecule has 3 fully saturated rings. The summed E-state index contributed by atoms with van der Waals surface area (Å²) in [6.07, 6.45) is -5.88. The molecule has 4 aliphatic rings. The smallest absolute Gasteiger partial charge is 0.330 e. The summed E-state index contributed by atoms with van der Waals surface area (Å²) in [7, 11) is 2.91. The molecule has 0 aromatic heterocycles. The lowest BCUT2D eigenvalue weighted by Gasteiger charge is -2.47. The molecule has 4 heterocycles. The van der Waals surface area contributed by atoms with Crippen LogP contribution in [-0.2, 0) is 47.5 Å². The zero-order chi connectivity index (χ0) is 38.0. The maximum Gasteiger partial charge on any atom is 0.330 e. The summed E-state index contributed by atoms with van der Waals surface area (Å²) in [5, 5.41) is 54.4. The Morgan fingerprint density at radius 1 is 0.882 bits per heavy atom. The van der Waals surface area contributed by atoms with Crippen molar-refractivity contribution < 1.29 is 73.0 Å². The summed E-state index contributed by atoms with van der Waals surface area (Å²) < 4.78 is 46.9. The van der Waals surface area contributed by atoms with Gasteiger partial charge in [0.25, 0.3) is 0 Å². The molecule has 5 N–H and O–H groups in total. The van der Waals surface area contributed by atoms with Crippen LogP contribution in [0.2, 0.25) is 0 Å². The predicted molar refractivity (Wildman–Crippen MR) is 179 cm³/mol. The molecule has 5 unspecified atom stereocenters. The van der Waals surface area contributed by atoms with Crippen molar-refractivity contribution in [3.05, 3.63) is 24.3 Å². The number of ketones is 1. The number of carbonyl (C=O) groups excluding carboxylic acids is 2. The third-order valence-corrected chi connectivity index (χ3v) is 10.7. The number of hydrogen-bond donors (Lipinski definition) is 5. The molecule has 4 aliphatic heterocycles. The number of carbonyl (C=O) groups is 2. The van der Waals surface area contributed by atoms with E-state index in [2.05, 4.69) is 0 Å². The standard InChI is InChI=1S/C36H58O15/c1-17-10-13-26(39)48-20(4)23(16-46-33-31(45-9)30(44-8)27(40)21(5)49-33)29-24(50-29)11-12-25(38)35(7,42)14-18(2)28(17)51-34-32(41)36(43,22(6)37)15-19(3)47-34/h10-13,17-24,27-34,37,40-43H,14-16H2,1-9H3/b12-11-,13-10-/t17-,18-,19+,20+,21?,22-,23+,24+,27?,28+,29-,30?,31?,32-,33?,34-,35-,36-/m0/s1. The number of epoxide rings is 1. The Labute approximate surface area is 299 Å².